The second-order valence-corrected chi connectivity index (χ2v) is 7.63. The maximum Gasteiger partial charge on any atom is 0.254 e. The molecule has 1 heterocycles. The molecule has 30 heavy (non-hydrogen) atoms. The van der Waals surface area contributed by atoms with Gasteiger partial charge in [-0.1, -0.05) is 29.3 Å². The Balaban J connectivity index is 1.70. The molecular weight excluding hydrogens is 429 g/mol. The number of anilines is 1. The van der Waals surface area contributed by atoms with Gasteiger partial charge in [0.25, 0.3) is 5.91 Å². The van der Waals surface area contributed by atoms with E-state index >= 15 is 0 Å². The van der Waals surface area contributed by atoms with Crippen LogP contribution >= 0.6 is 23.2 Å². The number of carbonyl (C=O) groups excluding carboxylic acids is 3. The first kappa shape index (κ1) is 22.1. The molecule has 1 fully saturated rings. The second kappa shape index (κ2) is 9.93. The van der Waals surface area contributed by atoms with E-state index in [4.69, 9.17) is 27.9 Å². The van der Waals surface area contributed by atoms with Crippen molar-refractivity contribution in [1.29, 1.82) is 0 Å². The molecule has 0 bridgehead atoms. The van der Waals surface area contributed by atoms with Crippen molar-refractivity contribution in [1.82, 2.24) is 9.80 Å². The molecule has 0 aliphatic carbocycles. The minimum Gasteiger partial charge on any atom is -0.383 e. The minimum absolute atomic E-state index is 0.0507. The lowest BCUT2D eigenvalue weighted by Crippen LogP contribution is -2.44. The highest BCUT2D eigenvalue weighted by atomic mass is 35.5. The van der Waals surface area contributed by atoms with E-state index < -0.39 is 0 Å². The lowest BCUT2D eigenvalue weighted by molar-refractivity contribution is -0.132. The number of carbonyl (C=O) groups is 3. The zero-order valence-electron chi connectivity index (χ0n) is 16.4. The first-order valence-electron chi connectivity index (χ1n) is 9.26. The molecular formula is C21H21Cl2N3O4. The Morgan fingerprint density at radius 2 is 1.83 bits per heavy atom. The van der Waals surface area contributed by atoms with Crippen molar-refractivity contribution in [3.63, 3.8) is 0 Å². The third kappa shape index (κ3) is 5.30. The van der Waals surface area contributed by atoms with E-state index in [2.05, 4.69) is 0 Å². The SMILES string of the molecule is COCCN(CC(=O)N1CC(=O)N(c2ccc(Cl)cc2)C1)C(=O)c1cccc(Cl)c1. The van der Waals surface area contributed by atoms with Gasteiger partial charge < -0.3 is 14.5 Å². The van der Waals surface area contributed by atoms with E-state index in [9.17, 15) is 14.4 Å². The molecule has 1 saturated heterocycles. The van der Waals surface area contributed by atoms with Crippen LogP contribution in [0.5, 0.6) is 0 Å². The van der Waals surface area contributed by atoms with Crippen molar-refractivity contribution in [2.24, 2.45) is 0 Å². The molecule has 7 nitrogen and oxygen atoms in total. The molecule has 0 atom stereocenters. The summed E-state index contributed by atoms with van der Waals surface area (Å²) in [6, 6.07) is 13.4. The maximum atomic E-state index is 12.9. The zero-order valence-corrected chi connectivity index (χ0v) is 17.9. The third-order valence-corrected chi connectivity index (χ3v) is 5.17. The molecule has 3 amide bonds. The molecule has 2 aromatic rings. The standard InChI is InChI=1S/C21H21Cl2N3O4/c1-30-10-9-24(21(29)15-3-2-4-17(23)11-15)12-19(27)25-13-20(28)26(14-25)18-7-5-16(22)6-8-18/h2-8,11H,9-10,12-14H2,1H3. The molecule has 0 radical (unpaired) electrons. The summed E-state index contributed by atoms with van der Waals surface area (Å²) in [5, 5.41) is 0.995. The van der Waals surface area contributed by atoms with E-state index in [1.807, 2.05) is 0 Å². The van der Waals surface area contributed by atoms with Gasteiger partial charge in [-0.3, -0.25) is 19.3 Å². The topological polar surface area (TPSA) is 70.2 Å². The number of amides is 3. The molecule has 0 unspecified atom stereocenters. The van der Waals surface area contributed by atoms with Crippen LogP contribution in [-0.2, 0) is 14.3 Å². The van der Waals surface area contributed by atoms with Gasteiger partial charge in [-0.25, -0.2) is 0 Å². The summed E-state index contributed by atoms with van der Waals surface area (Å²) in [6.07, 6.45) is 0. The molecule has 9 heteroatoms. The first-order chi connectivity index (χ1) is 14.4. The number of hydrogen-bond donors (Lipinski definition) is 0. The minimum atomic E-state index is -0.331. The van der Waals surface area contributed by atoms with Crippen molar-refractivity contribution in [2.75, 3.05) is 44.9 Å². The van der Waals surface area contributed by atoms with E-state index in [0.29, 0.717) is 21.3 Å². The van der Waals surface area contributed by atoms with Crippen LogP contribution < -0.4 is 4.90 Å². The maximum absolute atomic E-state index is 12.9. The number of nitrogens with zero attached hydrogens (tertiary/aromatic N) is 3. The molecule has 0 aromatic heterocycles. The normalized spacial score (nSPS) is 13.6. The van der Waals surface area contributed by atoms with Crippen LogP contribution in [0.1, 0.15) is 10.4 Å². The van der Waals surface area contributed by atoms with Gasteiger partial charge in [0, 0.05) is 35.0 Å². The van der Waals surface area contributed by atoms with E-state index in [0.717, 1.165) is 0 Å². The summed E-state index contributed by atoms with van der Waals surface area (Å²) in [5.41, 5.74) is 1.04. The number of rotatable bonds is 7. The van der Waals surface area contributed by atoms with Crippen molar-refractivity contribution in [3.8, 4) is 0 Å². The van der Waals surface area contributed by atoms with Crippen molar-refractivity contribution in [3.05, 3.63) is 64.1 Å². The van der Waals surface area contributed by atoms with E-state index in [1.165, 1.54) is 21.8 Å². The summed E-state index contributed by atoms with van der Waals surface area (Å²) in [7, 11) is 1.52. The van der Waals surface area contributed by atoms with Gasteiger partial charge >= 0.3 is 0 Å². The summed E-state index contributed by atoms with van der Waals surface area (Å²) in [6.45, 7) is 0.399. The van der Waals surface area contributed by atoms with Crippen molar-refractivity contribution >= 4 is 46.6 Å². The average molecular weight is 450 g/mol. The Morgan fingerprint density at radius 1 is 1.10 bits per heavy atom. The van der Waals surface area contributed by atoms with E-state index in [-0.39, 0.29) is 50.6 Å². The third-order valence-electron chi connectivity index (χ3n) is 4.68. The van der Waals surface area contributed by atoms with Crippen LogP contribution in [-0.4, -0.2) is 67.5 Å². The lowest BCUT2D eigenvalue weighted by atomic mass is 10.2. The fraction of sp³-hybridized carbons (Fsp3) is 0.286. The highest BCUT2D eigenvalue weighted by molar-refractivity contribution is 6.31. The van der Waals surface area contributed by atoms with Crippen LogP contribution in [0.15, 0.2) is 48.5 Å². The lowest BCUT2D eigenvalue weighted by Gasteiger charge is -2.25. The van der Waals surface area contributed by atoms with Crippen molar-refractivity contribution < 1.29 is 19.1 Å². The number of halogens is 2. The molecule has 0 spiro atoms. The van der Waals surface area contributed by atoms with Gasteiger partial charge in [-0.2, -0.15) is 0 Å². The molecule has 158 valence electrons. The molecule has 2 aromatic carbocycles. The van der Waals surface area contributed by atoms with Gasteiger partial charge in [0.2, 0.25) is 11.8 Å². The van der Waals surface area contributed by atoms with Gasteiger partial charge in [0.1, 0.15) is 19.8 Å². The molecule has 1 aliphatic heterocycles. The number of methoxy groups -OCH3 is 1. The smallest absolute Gasteiger partial charge is 0.254 e. The molecule has 3 rings (SSSR count). The first-order valence-corrected chi connectivity index (χ1v) is 10.0. The van der Waals surface area contributed by atoms with Crippen LogP contribution in [0.4, 0.5) is 5.69 Å². The van der Waals surface area contributed by atoms with Crippen LogP contribution in [0.2, 0.25) is 10.0 Å². The number of hydrogen-bond acceptors (Lipinski definition) is 4. The quantitative estimate of drug-likeness (QED) is 0.651. The highest BCUT2D eigenvalue weighted by Crippen LogP contribution is 2.22. The Morgan fingerprint density at radius 3 is 2.50 bits per heavy atom. The largest absolute Gasteiger partial charge is 0.383 e. The summed E-state index contributed by atoms with van der Waals surface area (Å²) >= 11 is 11.9. The summed E-state index contributed by atoms with van der Waals surface area (Å²) < 4.78 is 5.07. The number of ether oxygens (including phenoxy) is 1. The summed E-state index contributed by atoms with van der Waals surface area (Å²) in [5.74, 6) is -0.857. The molecule has 1 aliphatic rings. The Kier molecular flexibility index (Phi) is 7.31. The fourth-order valence-electron chi connectivity index (χ4n) is 3.08. The van der Waals surface area contributed by atoms with E-state index in [1.54, 1.807) is 48.5 Å². The Bertz CT molecular complexity index is 936. The fourth-order valence-corrected chi connectivity index (χ4v) is 3.40. The second-order valence-electron chi connectivity index (χ2n) is 6.76. The molecule has 0 saturated carbocycles. The zero-order chi connectivity index (χ0) is 21.7. The summed E-state index contributed by atoms with van der Waals surface area (Å²) in [4.78, 5) is 42.5. The van der Waals surface area contributed by atoms with Gasteiger partial charge in [0.15, 0.2) is 0 Å². The average Bonchev–Trinajstić information content (AvgIpc) is 3.13. The van der Waals surface area contributed by atoms with Crippen LogP contribution in [0.3, 0.4) is 0 Å². The molecule has 0 N–H and O–H groups in total. The van der Waals surface area contributed by atoms with Gasteiger partial charge in [-0.05, 0) is 42.5 Å². The van der Waals surface area contributed by atoms with Gasteiger partial charge in [-0.15, -0.1) is 0 Å². The number of benzene rings is 2. The Hall–Kier alpha value is -2.61. The van der Waals surface area contributed by atoms with Crippen LogP contribution in [0.25, 0.3) is 0 Å². The predicted octanol–water partition coefficient (Wildman–Crippen LogP) is 2.91. The van der Waals surface area contributed by atoms with Gasteiger partial charge in [0.05, 0.1) is 6.61 Å². The Labute approximate surface area is 184 Å². The van der Waals surface area contributed by atoms with Crippen LogP contribution in [0, 0.1) is 0 Å². The highest BCUT2D eigenvalue weighted by Gasteiger charge is 2.33. The monoisotopic (exact) mass is 449 g/mol. The predicted molar refractivity (Wildman–Crippen MR) is 115 cm³/mol. The van der Waals surface area contributed by atoms with Crippen molar-refractivity contribution in [2.45, 2.75) is 0 Å².